The number of carbonyl (C=O) groups excluding carboxylic acids is 1. The number of nitrogens with one attached hydrogen (secondary N) is 1. The van der Waals surface area contributed by atoms with Crippen LogP contribution in [0.4, 0.5) is 11.5 Å². The third kappa shape index (κ3) is 3.05. The molecule has 0 spiro atoms. The van der Waals surface area contributed by atoms with Crippen molar-refractivity contribution in [3.05, 3.63) is 51.1 Å². The minimum Gasteiger partial charge on any atom is -0.384 e. The van der Waals surface area contributed by atoms with Gasteiger partial charge in [-0.05, 0) is 40.5 Å². The first-order valence-corrected chi connectivity index (χ1v) is 6.63. The molecule has 0 fully saturated rings. The Morgan fingerprint density at radius 1 is 1.47 bits per heavy atom. The molecule has 1 heterocycles. The molecule has 6 heteroatoms. The average molecular weight is 341 g/mol. The molecule has 2 aromatic rings. The van der Waals surface area contributed by atoms with Crippen molar-refractivity contribution < 1.29 is 4.79 Å². The Morgan fingerprint density at radius 3 is 2.95 bits per heavy atom. The number of hydrogen-bond acceptors (Lipinski definition) is 3. The van der Waals surface area contributed by atoms with Crippen molar-refractivity contribution >= 4 is 44.9 Å². The molecule has 0 saturated carbocycles. The topological polar surface area (TPSA) is 68.0 Å². The molecule has 4 nitrogen and oxygen atoms in total. The molecule has 0 saturated heterocycles. The first kappa shape index (κ1) is 13.8. The van der Waals surface area contributed by atoms with Gasteiger partial charge in [-0.2, -0.15) is 0 Å². The van der Waals surface area contributed by atoms with Crippen LogP contribution in [0.25, 0.3) is 0 Å². The predicted octanol–water partition coefficient (Wildman–Crippen LogP) is 3.64. The number of nitrogens with zero attached hydrogens (tertiary/aromatic N) is 1. The standard InChI is InChI=1S/C13H11BrClN3O/c1-7-3-2-4-10(12(7)14)18-13(19)8-5-11(16)17-6-9(8)15/h2-6H,1H3,(H2,16,17)(H,18,19). The van der Waals surface area contributed by atoms with E-state index in [1.165, 1.54) is 12.3 Å². The molecule has 0 aliphatic rings. The molecule has 19 heavy (non-hydrogen) atoms. The van der Waals surface area contributed by atoms with Gasteiger partial charge in [0, 0.05) is 10.7 Å². The molecule has 0 aliphatic heterocycles. The van der Waals surface area contributed by atoms with Crippen molar-refractivity contribution in [2.75, 3.05) is 11.1 Å². The van der Waals surface area contributed by atoms with Crippen LogP contribution in [0.15, 0.2) is 34.9 Å². The van der Waals surface area contributed by atoms with Crippen LogP contribution in [0.5, 0.6) is 0 Å². The Hall–Kier alpha value is -1.59. The predicted molar refractivity (Wildman–Crippen MR) is 80.5 cm³/mol. The van der Waals surface area contributed by atoms with Crippen molar-refractivity contribution in [2.45, 2.75) is 6.92 Å². The average Bonchev–Trinajstić information content (AvgIpc) is 2.38. The number of aryl methyl sites for hydroxylation is 1. The fraction of sp³-hybridized carbons (Fsp3) is 0.0769. The van der Waals surface area contributed by atoms with E-state index in [9.17, 15) is 4.79 Å². The van der Waals surface area contributed by atoms with E-state index in [2.05, 4.69) is 26.2 Å². The summed E-state index contributed by atoms with van der Waals surface area (Å²) in [6.45, 7) is 1.94. The van der Waals surface area contributed by atoms with Gasteiger partial charge in [0.05, 0.1) is 16.3 Å². The number of anilines is 2. The Balaban J connectivity index is 2.31. The Morgan fingerprint density at radius 2 is 2.21 bits per heavy atom. The van der Waals surface area contributed by atoms with Gasteiger partial charge in [0.2, 0.25) is 0 Å². The monoisotopic (exact) mass is 339 g/mol. The van der Waals surface area contributed by atoms with E-state index in [0.717, 1.165) is 10.0 Å². The van der Waals surface area contributed by atoms with Crippen molar-refractivity contribution in [1.29, 1.82) is 0 Å². The van der Waals surface area contributed by atoms with E-state index in [-0.39, 0.29) is 16.7 Å². The van der Waals surface area contributed by atoms with Gasteiger partial charge in [-0.3, -0.25) is 4.79 Å². The van der Waals surface area contributed by atoms with Crippen molar-refractivity contribution in [1.82, 2.24) is 4.98 Å². The molecular formula is C13H11BrClN3O. The van der Waals surface area contributed by atoms with E-state index in [4.69, 9.17) is 17.3 Å². The van der Waals surface area contributed by atoms with Crippen molar-refractivity contribution in [3.8, 4) is 0 Å². The second kappa shape index (κ2) is 5.59. The molecular weight excluding hydrogens is 330 g/mol. The van der Waals surface area contributed by atoms with Gasteiger partial charge in [-0.1, -0.05) is 23.7 Å². The fourth-order valence-electron chi connectivity index (χ4n) is 1.56. The van der Waals surface area contributed by atoms with Crippen molar-refractivity contribution in [3.63, 3.8) is 0 Å². The van der Waals surface area contributed by atoms with Crippen LogP contribution in [0.2, 0.25) is 5.02 Å². The summed E-state index contributed by atoms with van der Waals surface area (Å²) in [4.78, 5) is 16.0. The molecule has 1 aromatic carbocycles. The third-order valence-electron chi connectivity index (χ3n) is 2.56. The Kier molecular flexibility index (Phi) is 4.07. The highest BCUT2D eigenvalue weighted by Crippen LogP contribution is 2.27. The second-order valence-corrected chi connectivity index (χ2v) is 5.18. The number of halogens is 2. The van der Waals surface area contributed by atoms with E-state index in [1.54, 1.807) is 6.07 Å². The zero-order chi connectivity index (χ0) is 14.0. The number of amides is 1. The normalized spacial score (nSPS) is 10.3. The zero-order valence-electron chi connectivity index (χ0n) is 10.1. The molecule has 0 bridgehead atoms. The second-order valence-electron chi connectivity index (χ2n) is 3.98. The number of rotatable bonds is 2. The van der Waals surface area contributed by atoms with Crippen molar-refractivity contribution in [2.24, 2.45) is 0 Å². The molecule has 98 valence electrons. The van der Waals surface area contributed by atoms with Crippen LogP contribution >= 0.6 is 27.5 Å². The number of pyridine rings is 1. The number of hydrogen-bond donors (Lipinski definition) is 2. The number of benzene rings is 1. The maximum Gasteiger partial charge on any atom is 0.257 e. The number of aromatic nitrogens is 1. The van der Waals surface area contributed by atoms with Gasteiger partial charge in [-0.25, -0.2) is 4.98 Å². The van der Waals surface area contributed by atoms with Crippen LogP contribution in [0.1, 0.15) is 15.9 Å². The highest BCUT2D eigenvalue weighted by Gasteiger charge is 2.13. The number of nitrogens with two attached hydrogens (primary N) is 1. The van der Waals surface area contributed by atoms with Crippen LogP contribution in [0.3, 0.4) is 0 Å². The van der Waals surface area contributed by atoms with Gasteiger partial charge in [0.25, 0.3) is 5.91 Å². The fourth-order valence-corrected chi connectivity index (χ4v) is 2.12. The van der Waals surface area contributed by atoms with Crippen LogP contribution in [0, 0.1) is 6.92 Å². The van der Waals surface area contributed by atoms with Gasteiger partial charge < -0.3 is 11.1 Å². The summed E-state index contributed by atoms with van der Waals surface area (Å²) in [5, 5.41) is 3.04. The summed E-state index contributed by atoms with van der Waals surface area (Å²) in [6.07, 6.45) is 1.36. The first-order chi connectivity index (χ1) is 8.99. The maximum absolute atomic E-state index is 12.2. The minimum atomic E-state index is -0.328. The molecule has 1 aromatic heterocycles. The molecule has 0 radical (unpaired) electrons. The van der Waals surface area contributed by atoms with Gasteiger partial charge in [0.1, 0.15) is 5.82 Å². The third-order valence-corrected chi connectivity index (χ3v) is 3.91. The highest BCUT2D eigenvalue weighted by atomic mass is 79.9. The summed E-state index contributed by atoms with van der Waals surface area (Å²) < 4.78 is 0.835. The van der Waals surface area contributed by atoms with Crippen LogP contribution in [-0.2, 0) is 0 Å². The quantitative estimate of drug-likeness (QED) is 0.877. The van der Waals surface area contributed by atoms with Crippen LogP contribution < -0.4 is 11.1 Å². The van der Waals surface area contributed by atoms with E-state index in [0.29, 0.717) is 11.3 Å². The van der Waals surface area contributed by atoms with Crippen LogP contribution in [-0.4, -0.2) is 10.9 Å². The first-order valence-electron chi connectivity index (χ1n) is 5.46. The van der Waals surface area contributed by atoms with E-state index >= 15 is 0 Å². The highest BCUT2D eigenvalue weighted by molar-refractivity contribution is 9.10. The SMILES string of the molecule is Cc1cccc(NC(=O)c2cc(N)ncc2Cl)c1Br. The Bertz CT molecular complexity index is 646. The summed E-state index contributed by atoms with van der Waals surface area (Å²) in [7, 11) is 0. The molecule has 0 aliphatic carbocycles. The lowest BCUT2D eigenvalue weighted by Crippen LogP contribution is -2.13. The van der Waals surface area contributed by atoms with Gasteiger partial charge >= 0.3 is 0 Å². The molecule has 0 atom stereocenters. The number of nitrogen functional groups attached to an aromatic ring is 1. The van der Waals surface area contributed by atoms with E-state index in [1.807, 2.05) is 19.1 Å². The summed E-state index contributed by atoms with van der Waals surface area (Å²) in [5.41, 5.74) is 7.55. The molecule has 2 rings (SSSR count). The smallest absolute Gasteiger partial charge is 0.257 e. The summed E-state index contributed by atoms with van der Waals surface area (Å²) >= 11 is 9.37. The minimum absolute atomic E-state index is 0.248. The zero-order valence-corrected chi connectivity index (χ0v) is 12.4. The molecule has 3 N–H and O–H groups in total. The van der Waals surface area contributed by atoms with E-state index < -0.39 is 0 Å². The Labute approximate surface area is 124 Å². The molecule has 0 unspecified atom stereocenters. The molecule has 1 amide bonds. The lowest BCUT2D eigenvalue weighted by molar-refractivity contribution is 0.102. The summed E-state index contributed by atoms with van der Waals surface area (Å²) in [5.74, 6) is -0.0803. The largest absolute Gasteiger partial charge is 0.384 e. The van der Waals surface area contributed by atoms with Gasteiger partial charge in [0.15, 0.2) is 0 Å². The lowest BCUT2D eigenvalue weighted by Gasteiger charge is -2.10. The summed E-state index contributed by atoms with van der Waals surface area (Å²) in [6, 6.07) is 7.05. The number of carbonyl (C=O) groups is 1. The lowest BCUT2D eigenvalue weighted by atomic mass is 10.2. The van der Waals surface area contributed by atoms with Gasteiger partial charge in [-0.15, -0.1) is 0 Å². The maximum atomic E-state index is 12.2.